The van der Waals surface area contributed by atoms with Gasteiger partial charge < -0.3 is 5.32 Å². The van der Waals surface area contributed by atoms with Crippen molar-refractivity contribution in [2.24, 2.45) is 5.92 Å². The van der Waals surface area contributed by atoms with Gasteiger partial charge in [-0.25, -0.2) is 0 Å². The smallest absolute Gasteiger partial charge is 0.0596 e. The monoisotopic (exact) mass is 237 g/mol. The number of rotatable bonds is 8. The summed E-state index contributed by atoms with van der Waals surface area (Å²) < 4.78 is 2.13. The summed E-state index contributed by atoms with van der Waals surface area (Å²) in [4.78, 5) is 0. The van der Waals surface area contributed by atoms with Gasteiger partial charge in [-0.1, -0.05) is 13.8 Å². The molecule has 0 spiro atoms. The van der Waals surface area contributed by atoms with Crippen molar-refractivity contribution >= 4 is 0 Å². The molecule has 0 aliphatic carbocycles. The van der Waals surface area contributed by atoms with Gasteiger partial charge in [0.15, 0.2) is 0 Å². The van der Waals surface area contributed by atoms with E-state index in [9.17, 15) is 0 Å². The maximum atomic E-state index is 4.49. The first-order chi connectivity index (χ1) is 8.17. The molecular formula is C14H27N3. The molecule has 0 aliphatic heterocycles. The summed E-state index contributed by atoms with van der Waals surface area (Å²) in [6.45, 7) is 12.0. The van der Waals surface area contributed by atoms with Crippen LogP contribution in [0.3, 0.4) is 0 Å². The maximum absolute atomic E-state index is 4.49. The lowest BCUT2D eigenvalue weighted by molar-refractivity contribution is 0.477. The molecule has 3 nitrogen and oxygen atoms in total. The highest BCUT2D eigenvalue weighted by Crippen LogP contribution is 2.13. The second-order valence-corrected chi connectivity index (χ2v) is 4.94. The topological polar surface area (TPSA) is 29.9 Å². The molecule has 0 bridgehead atoms. The largest absolute Gasteiger partial charge is 0.317 e. The Hall–Kier alpha value is -0.830. The van der Waals surface area contributed by atoms with Crippen molar-refractivity contribution in [2.45, 2.75) is 53.5 Å². The number of nitrogens with one attached hydrogen (secondary N) is 1. The molecule has 1 unspecified atom stereocenters. The lowest BCUT2D eigenvalue weighted by Crippen LogP contribution is -2.19. The number of aromatic nitrogens is 2. The van der Waals surface area contributed by atoms with Crippen LogP contribution in [0.1, 0.15) is 45.0 Å². The molecule has 0 aliphatic rings. The molecule has 0 aromatic carbocycles. The van der Waals surface area contributed by atoms with Crippen molar-refractivity contribution in [1.29, 1.82) is 0 Å². The summed E-state index contributed by atoms with van der Waals surface area (Å²) in [7, 11) is 0. The average molecular weight is 237 g/mol. The highest BCUT2D eigenvalue weighted by atomic mass is 15.3. The van der Waals surface area contributed by atoms with Gasteiger partial charge in [0.1, 0.15) is 0 Å². The van der Waals surface area contributed by atoms with Crippen molar-refractivity contribution in [3.05, 3.63) is 17.5 Å². The minimum atomic E-state index is 0.723. The summed E-state index contributed by atoms with van der Waals surface area (Å²) in [5.74, 6) is 0.723. The third-order valence-electron chi connectivity index (χ3n) is 3.08. The van der Waals surface area contributed by atoms with Crippen LogP contribution in [-0.2, 0) is 13.0 Å². The predicted octanol–water partition coefficient (Wildman–Crippen LogP) is 2.78. The van der Waals surface area contributed by atoms with E-state index in [0.717, 1.165) is 37.7 Å². The molecule has 1 atom stereocenters. The molecule has 0 amide bonds. The number of hydrogen-bond donors (Lipinski definition) is 1. The molecule has 1 aromatic rings. The Morgan fingerprint density at radius 2 is 2.12 bits per heavy atom. The summed E-state index contributed by atoms with van der Waals surface area (Å²) in [5.41, 5.74) is 2.52. The summed E-state index contributed by atoms with van der Waals surface area (Å²) in [5, 5.41) is 7.96. The summed E-state index contributed by atoms with van der Waals surface area (Å²) >= 11 is 0. The Labute approximate surface area is 106 Å². The first-order valence-electron chi connectivity index (χ1n) is 6.91. The molecule has 0 saturated heterocycles. The van der Waals surface area contributed by atoms with Gasteiger partial charge in [0.05, 0.1) is 5.69 Å². The zero-order chi connectivity index (χ0) is 12.7. The Balaban J connectivity index is 2.36. The van der Waals surface area contributed by atoms with Crippen LogP contribution in [0.4, 0.5) is 0 Å². The van der Waals surface area contributed by atoms with Gasteiger partial charge in [-0.05, 0) is 58.2 Å². The minimum absolute atomic E-state index is 0.723. The molecule has 1 rings (SSSR count). The van der Waals surface area contributed by atoms with E-state index in [4.69, 9.17) is 0 Å². The molecule has 0 radical (unpaired) electrons. The van der Waals surface area contributed by atoms with E-state index in [0.29, 0.717) is 0 Å². The lowest BCUT2D eigenvalue weighted by atomic mass is 10.0. The number of aryl methyl sites for hydroxylation is 2. The standard InChI is InChI=1S/C14H27N3/c1-5-8-15-9-7-12(3)10-14-11-13(4)16-17(14)6-2/h11-12,15H,5-10H2,1-4H3. The van der Waals surface area contributed by atoms with Crippen LogP contribution >= 0.6 is 0 Å². The normalized spacial score (nSPS) is 12.9. The Bertz CT molecular complexity index is 317. The summed E-state index contributed by atoms with van der Waals surface area (Å²) in [6, 6.07) is 2.22. The van der Waals surface area contributed by atoms with Crippen LogP contribution < -0.4 is 5.32 Å². The third kappa shape index (κ3) is 4.90. The average Bonchev–Trinajstić information content (AvgIpc) is 2.65. The highest BCUT2D eigenvalue weighted by Gasteiger charge is 2.08. The fraction of sp³-hybridized carbons (Fsp3) is 0.786. The van der Waals surface area contributed by atoms with E-state index >= 15 is 0 Å². The van der Waals surface area contributed by atoms with E-state index in [2.05, 4.69) is 48.9 Å². The molecule has 98 valence electrons. The van der Waals surface area contributed by atoms with Gasteiger partial charge in [0.2, 0.25) is 0 Å². The van der Waals surface area contributed by atoms with Crippen molar-refractivity contribution < 1.29 is 0 Å². The van der Waals surface area contributed by atoms with Gasteiger partial charge in [0, 0.05) is 12.2 Å². The fourth-order valence-electron chi connectivity index (χ4n) is 2.15. The van der Waals surface area contributed by atoms with E-state index in [1.165, 1.54) is 18.5 Å². The Morgan fingerprint density at radius 1 is 1.35 bits per heavy atom. The zero-order valence-corrected chi connectivity index (χ0v) is 11.8. The van der Waals surface area contributed by atoms with Gasteiger partial charge in [-0.15, -0.1) is 0 Å². The molecule has 0 fully saturated rings. The van der Waals surface area contributed by atoms with Crippen molar-refractivity contribution in [3.8, 4) is 0 Å². The van der Waals surface area contributed by atoms with Gasteiger partial charge >= 0.3 is 0 Å². The van der Waals surface area contributed by atoms with Crippen LogP contribution in [0.25, 0.3) is 0 Å². The van der Waals surface area contributed by atoms with Crippen molar-refractivity contribution in [1.82, 2.24) is 15.1 Å². The van der Waals surface area contributed by atoms with Crippen LogP contribution in [0.2, 0.25) is 0 Å². The van der Waals surface area contributed by atoms with Gasteiger partial charge in [0.25, 0.3) is 0 Å². The van der Waals surface area contributed by atoms with Crippen LogP contribution in [0, 0.1) is 12.8 Å². The molecule has 3 heteroatoms. The number of hydrogen-bond acceptors (Lipinski definition) is 2. The highest BCUT2D eigenvalue weighted by molar-refractivity contribution is 5.09. The van der Waals surface area contributed by atoms with E-state index in [1.54, 1.807) is 0 Å². The van der Waals surface area contributed by atoms with Crippen LogP contribution in [-0.4, -0.2) is 22.9 Å². The molecule has 0 saturated carbocycles. The molecular weight excluding hydrogens is 210 g/mol. The predicted molar refractivity (Wildman–Crippen MR) is 73.3 cm³/mol. The second-order valence-electron chi connectivity index (χ2n) is 4.94. The van der Waals surface area contributed by atoms with E-state index < -0.39 is 0 Å². The SMILES string of the molecule is CCCNCCC(C)Cc1cc(C)nn1CC. The summed E-state index contributed by atoms with van der Waals surface area (Å²) in [6.07, 6.45) is 3.60. The molecule has 17 heavy (non-hydrogen) atoms. The van der Waals surface area contributed by atoms with Gasteiger partial charge in [-0.2, -0.15) is 5.10 Å². The van der Waals surface area contributed by atoms with Crippen LogP contribution in [0.5, 0.6) is 0 Å². The number of nitrogens with zero attached hydrogens (tertiary/aromatic N) is 2. The zero-order valence-electron chi connectivity index (χ0n) is 11.8. The Morgan fingerprint density at radius 3 is 2.76 bits per heavy atom. The first kappa shape index (κ1) is 14.2. The molecule has 1 N–H and O–H groups in total. The fourth-order valence-corrected chi connectivity index (χ4v) is 2.15. The van der Waals surface area contributed by atoms with Crippen LogP contribution in [0.15, 0.2) is 6.07 Å². The second kappa shape index (κ2) is 7.49. The lowest BCUT2D eigenvalue weighted by Gasteiger charge is -2.12. The quantitative estimate of drug-likeness (QED) is 0.705. The third-order valence-corrected chi connectivity index (χ3v) is 3.08. The molecule has 1 aromatic heterocycles. The van der Waals surface area contributed by atoms with Crippen molar-refractivity contribution in [2.75, 3.05) is 13.1 Å². The first-order valence-corrected chi connectivity index (χ1v) is 6.91. The minimum Gasteiger partial charge on any atom is -0.317 e. The van der Waals surface area contributed by atoms with Crippen molar-refractivity contribution in [3.63, 3.8) is 0 Å². The Kier molecular flexibility index (Phi) is 6.27. The molecule has 1 heterocycles. The van der Waals surface area contributed by atoms with E-state index in [1.807, 2.05) is 0 Å². The maximum Gasteiger partial charge on any atom is 0.0596 e. The van der Waals surface area contributed by atoms with Gasteiger partial charge in [-0.3, -0.25) is 4.68 Å². The van der Waals surface area contributed by atoms with E-state index in [-0.39, 0.29) is 0 Å².